The van der Waals surface area contributed by atoms with E-state index in [4.69, 9.17) is 0 Å². The number of thioether (sulfide) groups is 1. The van der Waals surface area contributed by atoms with E-state index >= 15 is 0 Å². The number of hydrogen-bond acceptors (Lipinski definition) is 5. The van der Waals surface area contributed by atoms with Gasteiger partial charge in [-0.3, -0.25) is 10.1 Å². The first-order chi connectivity index (χ1) is 11.6. The van der Waals surface area contributed by atoms with Crippen molar-refractivity contribution in [2.45, 2.75) is 17.0 Å². The minimum absolute atomic E-state index is 0.192. The molecule has 0 radical (unpaired) electrons. The molecule has 3 rings (SSSR count). The highest BCUT2D eigenvalue weighted by atomic mass is 79.9. The number of amides is 1. The maximum atomic E-state index is 12.2. The Labute approximate surface area is 156 Å². The predicted molar refractivity (Wildman–Crippen MR) is 103 cm³/mol. The zero-order chi connectivity index (χ0) is 16.9. The van der Waals surface area contributed by atoms with Crippen LogP contribution in [0.4, 0.5) is 5.13 Å². The van der Waals surface area contributed by atoms with E-state index in [1.54, 1.807) is 23.9 Å². The van der Waals surface area contributed by atoms with E-state index in [9.17, 15) is 4.79 Å². The van der Waals surface area contributed by atoms with Gasteiger partial charge in [0.15, 0.2) is 4.34 Å². The van der Waals surface area contributed by atoms with Crippen LogP contribution in [0.15, 0.2) is 57.3 Å². The van der Waals surface area contributed by atoms with E-state index in [0.717, 1.165) is 14.6 Å². The van der Waals surface area contributed by atoms with E-state index in [2.05, 4.69) is 50.5 Å². The third kappa shape index (κ3) is 4.43. The lowest BCUT2D eigenvalue weighted by Crippen LogP contribution is -2.11. The molecule has 0 saturated heterocycles. The van der Waals surface area contributed by atoms with Crippen molar-refractivity contribution in [1.82, 2.24) is 10.2 Å². The van der Waals surface area contributed by atoms with Crippen LogP contribution >= 0.6 is 39.0 Å². The molecule has 3 aromatic rings. The molecule has 0 spiro atoms. The summed E-state index contributed by atoms with van der Waals surface area (Å²) in [6, 6.07) is 15.5. The second-order valence-corrected chi connectivity index (χ2v) is 8.17. The van der Waals surface area contributed by atoms with Crippen molar-refractivity contribution in [1.29, 1.82) is 0 Å². The standard InChI is InChI=1S/C17H14BrN3OS2/c1-11-5-2-3-6-13(11)10-23-17-21-20-16(24-17)19-15(22)12-7-4-8-14(18)9-12/h2-9H,10H2,1H3,(H,19,20,22). The maximum absolute atomic E-state index is 12.2. The maximum Gasteiger partial charge on any atom is 0.257 e. The first-order valence-corrected chi connectivity index (χ1v) is 9.79. The normalized spacial score (nSPS) is 10.6. The van der Waals surface area contributed by atoms with Crippen LogP contribution in [-0.4, -0.2) is 16.1 Å². The fraction of sp³-hybridized carbons (Fsp3) is 0.118. The Morgan fingerprint density at radius 1 is 1.21 bits per heavy atom. The first kappa shape index (κ1) is 17.1. The lowest BCUT2D eigenvalue weighted by Gasteiger charge is -2.02. The summed E-state index contributed by atoms with van der Waals surface area (Å²) < 4.78 is 1.70. The van der Waals surface area contributed by atoms with E-state index in [-0.39, 0.29) is 5.91 Å². The Morgan fingerprint density at radius 2 is 2.04 bits per heavy atom. The fourth-order valence-corrected chi connectivity index (χ4v) is 4.25. The molecule has 0 saturated carbocycles. The van der Waals surface area contributed by atoms with E-state index in [1.807, 2.05) is 24.3 Å². The second-order valence-electron chi connectivity index (χ2n) is 5.05. The first-order valence-electron chi connectivity index (χ1n) is 7.19. The molecular weight excluding hydrogens is 406 g/mol. The number of rotatable bonds is 5. The van der Waals surface area contributed by atoms with Crippen LogP contribution < -0.4 is 5.32 Å². The summed E-state index contributed by atoms with van der Waals surface area (Å²) in [5.41, 5.74) is 3.11. The summed E-state index contributed by atoms with van der Waals surface area (Å²) in [6.45, 7) is 2.10. The monoisotopic (exact) mass is 419 g/mol. The molecule has 122 valence electrons. The second kappa shape index (κ2) is 7.92. The number of carbonyl (C=O) groups is 1. The van der Waals surface area contributed by atoms with Crippen molar-refractivity contribution >= 4 is 50.1 Å². The molecule has 0 fully saturated rings. The number of nitrogens with zero attached hydrogens (tertiary/aromatic N) is 2. The van der Waals surface area contributed by atoms with Gasteiger partial charge in [0.1, 0.15) is 0 Å². The molecule has 0 unspecified atom stereocenters. The van der Waals surface area contributed by atoms with Gasteiger partial charge in [0.2, 0.25) is 5.13 Å². The fourth-order valence-electron chi connectivity index (χ4n) is 2.03. The molecule has 1 heterocycles. The van der Waals surface area contributed by atoms with Gasteiger partial charge in [-0.05, 0) is 36.2 Å². The van der Waals surface area contributed by atoms with E-state index < -0.39 is 0 Å². The highest BCUT2D eigenvalue weighted by Crippen LogP contribution is 2.29. The Hall–Kier alpha value is -1.70. The predicted octanol–water partition coefficient (Wildman–Crippen LogP) is 5.15. The lowest BCUT2D eigenvalue weighted by atomic mass is 10.1. The summed E-state index contributed by atoms with van der Waals surface area (Å²) in [7, 11) is 0. The van der Waals surface area contributed by atoms with Crippen LogP contribution in [0.5, 0.6) is 0 Å². The Kier molecular flexibility index (Phi) is 5.65. The molecule has 0 aliphatic heterocycles. The molecule has 1 N–H and O–H groups in total. The Balaban J connectivity index is 1.61. The summed E-state index contributed by atoms with van der Waals surface area (Å²) >= 11 is 6.36. The molecule has 0 aliphatic carbocycles. The smallest absolute Gasteiger partial charge is 0.257 e. The van der Waals surface area contributed by atoms with Crippen LogP contribution in [0.2, 0.25) is 0 Å². The van der Waals surface area contributed by atoms with Crippen LogP contribution in [0.25, 0.3) is 0 Å². The summed E-state index contributed by atoms with van der Waals surface area (Å²) in [4.78, 5) is 12.2. The van der Waals surface area contributed by atoms with Crippen LogP contribution in [0.1, 0.15) is 21.5 Å². The molecule has 0 bridgehead atoms. The number of halogens is 1. The number of anilines is 1. The van der Waals surface area contributed by atoms with Gasteiger partial charge in [0.25, 0.3) is 5.91 Å². The molecule has 2 aromatic carbocycles. The van der Waals surface area contributed by atoms with Gasteiger partial charge in [0, 0.05) is 15.8 Å². The van der Waals surface area contributed by atoms with Gasteiger partial charge >= 0.3 is 0 Å². The van der Waals surface area contributed by atoms with Crippen molar-refractivity contribution in [2.24, 2.45) is 0 Å². The number of aromatic nitrogens is 2. The van der Waals surface area contributed by atoms with Crippen molar-refractivity contribution in [3.05, 3.63) is 69.7 Å². The van der Waals surface area contributed by atoms with Crippen molar-refractivity contribution < 1.29 is 4.79 Å². The minimum atomic E-state index is -0.192. The highest BCUT2D eigenvalue weighted by molar-refractivity contribution is 9.10. The van der Waals surface area contributed by atoms with Crippen LogP contribution in [0, 0.1) is 6.92 Å². The Bertz CT molecular complexity index is 866. The van der Waals surface area contributed by atoms with Gasteiger partial charge in [-0.2, -0.15) is 0 Å². The zero-order valence-corrected chi connectivity index (χ0v) is 16.0. The average molecular weight is 420 g/mol. The van der Waals surface area contributed by atoms with E-state index in [0.29, 0.717) is 10.7 Å². The zero-order valence-electron chi connectivity index (χ0n) is 12.8. The lowest BCUT2D eigenvalue weighted by molar-refractivity contribution is 0.102. The minimum Gasteiger partial charge on any atom is -0.296 e. The molecule has 0 aliphatic rings. The van der Waals surface area contributed by atoms with Crippen molar-refractivity contribution in [2.75, 3.05) is 5.32 Å². The van der Waals surface area contributed by atoms with Gasteiger partial charge in [-0.1, -0.05) is 69.4 Å². The third-order valence-electron chi connectivity index (χ3n) is 3.33. The molecule has 24 heavy (non-hydrogen) atoms. The molecule has 1 aromatic heterocycles. The van der Waals surface area contributed by atoms with E-state index in [1.165, 1.54) is 22.5 Å². The summed E-state index contributed by atoms with van der Waals surface area (Å²) in [6.07, 6.45) is 0. The number of hydrogen-bond donors (Lipinski definition) is 1. The van der Waals surface area contributed by atoms with Gasteiger partial charge in [-0.25, -0.2) is 0 Å². The molecule has 4 nitrogen and oxygen atoms in total. The molecule has 0 atom stereocenters. The van der Waals surface area contributed by atoms with Crippen LogP contribution in [-0.2, 0) is 5.75 Å². The third-order valence-corrected chi connectivity index (χ3v) is 5.84. The quantitative estimate of drug-likeness (QED) is 0.458. The summed E-state index contributed by atoms with van der Waals surface area (Å²) in [5.74, 6) is 0.642. The topological polar surface area (TPSA) is 54.9 Å². The van der Waals surface area contributed by atoms with Crippen molar-refractivity contribution in [3.63, 3.8) is 0 Å². The number of carbonyl (C=O) groups excluding carboxylic acids is 1. The highest BCUT2D eigenvalue weighted by Gasteiger charge is 2.11. The molecule has 1 amide bonds. The Morgan fingerprint density at radius 3 is 2.83 bits per heavy atom. The number of benzene rings is 2. The van der Waals surface area contributed by atoms with Crippen LogP contribution in [0.3, 0.4) is 0 Å². The largest absolute Gasteiger partial charge is 0.296 e. The number of nitrogens with one attached hydrogen (secondary N) is 1. The number of aryl methyl sites for hydroxylation is 1. The van der Waals surface area contributed by atoms with Crippen molar-refractivity contribution in [3.8, 4) is 0 Å². The molecule has 7 heteroatoms. The van der Waals surface area contributed by atoms with Gasteiger partial charge < -0.3 is 0 Å². The van der Waals surface area contributed by atoms with Gasteiger partial charge in [-0.15, -0.1) is 10.2 Å². The SMILES string of the molecule is Cc1ccccc1CSc1nnc(NC(=O)c2cccc(Br)c2)s1. The molecular formula is C17H14BrN3OS2. The average Bonchev–Trinajstić information content (AvgIpc) is 3.01. The summed E-state index contributed by atoms with van der Waals surface area (Å²) in [5, 5.41) is 11.5. The van der Waals surface area contributed by atoms with Gasteiger partial charge in [0.05, 0.1) is 0 Å².